The Morgan fingerprint density at radius 3 is 2.20 bits per heavy atom. The summed E-state index contributed by atoms with van der Waals surface area (Å²) >= 11 is 2.94. The van der Waals surface area contributed by atoms with Gasteiger partial charge < -0.3 is 9.16 Å². The van der Waals surface area contributed by atoms with Crippen LogP contribution in [0, 0.1) is 41.9 Å². The maximum Gasteiger partial charge on any atom is 0.192 e. The molecule has 40 heavy (non-hydrogen) atoms. The van der Waals surface area contributed by atoms with E-state index in [0.29, 0.717) is 30.3 Å². The second kappa shape index (κ2) is 18.1. The van der Waals surface area contributed by atoms with Crippen LogP contribution in [0.1, 0.15) is 94.9 Å². The Kier molecular flexibility index (Phi) is 16.8. The minimum Gasteiger partial charge on any atom is -0.413 e. The van der Waals surface area contributed by atoms with E-state index in [-0.39, 0.29) is 24.2 Å². The third kappa shape index (κ3) is 11.5. The van der Waals surface area contributed by atoms with E-state index in [2.05, 4.69) is 103 Å². The van der Waals surface area contributed by atoms with Crippen LogP contribution in [-0.4, -0.2) is 37.8 Å². The maximum atomic E-state index is 7.04. The van der Waals surface area contributed by atoms with Crippen LogP contribution in [0.2, 0.25) is 18.1 Å². The molecule has 0 radical (unpaired) electrons. The van der Waals surface area contributed by atoms with E-state index in [1.165, 1.54) is 5.57 Å². The van der Waals surface area contributed by atoms with Gasteiger partial charge in [0.2, 0.25) is 0 Å². The van der Waals surface area contributed by atoms with Gasteiger partial charge in [0.05, 0.1) is 12.2 Å². The van der Waals surface area contributed by atoms with Gasteiger partial charge in [0.25, 0.3) is 0 Å². The number of hydrogen-bond acceptors (Lipinski definition) is 3. The molecule has 3 nitrogen and oxygen atoms in total. The predicted molar refractivity (Wildman–Crippen MR) is 173 cm³/mol. The van der Waals surface area contributed by atoms with Crippen LogP contribution in [-0.2, 0) is 29.8 Å². The van der Waals surface area contributed by atoms with E-state index in [9.17, 15) is 0 Å². The summed E-state index contributed by atoms with van der Waals surface area (Å²) in [7, 11) is -1.73. The Hall–Kier alpha value is -0.721. The first-order valence-corrected chi connectivity index (χ1v) is 18.9. The number of ether oxygens (including phenoxy) is 2. The molecule has 5 heteroatoms. The Morgan fingerprint density at radius 1 is 1.07 bits per heavy atom. The average Bonchev–Trinajstić information content (AvgIpc) is 2.91. The standard InChI is InChI=1S/C35H60O3Si.Cr/c1-14-33-31(12)35(38-39(15-2,16-3)17-4)32(13)34(37-33)19-18-26(7)20-27(8)21-28(9)22-29(10)30(11)24-36-23-25(5)6;/h1,20,26,28-29,31-35H,5,11,15-19,21-22,24H2,2-4,6-10,12-13H3;/b27-20+;/t26-,28+,29-,31-,32-,33-,34+,35+;/m1./s1. The molecule has 0 amide bonds. The molecule has 0 aromatic rings. The SMILES string of the molecule is C#C[C@H]1O[C@@H](CC[C@@H](C)/C=C(\C)C[C@H](C)C[C@@H](C)C(=C)CO[C](=[Cr])C(=C)C)[C@@H](C)[C@@H](O[Si](CC)(CC)CC)[C@@H]1C. The van der Waals surface area contributed by atoms with Gasteiger partial charge in [-0.15, -0.1) is 6.42 Å². The molecular formula is C35H60CrO3Si. The first-order chi connectivity index (χ1) is 18.7. The van der Waals surface area contributed by atoms with Crippen LogP contribution in [0.25, 0.3) is 0 Å². The summed E-state index contributed by atoms with van der Waals surface area (Å²) in [6.45, 7) is 31.3. The van der Waals surface area contributed by atoms with Crippen LogP contribution >= 0.6 is 0 Å². The van der Waals surface area contributed by atoms with Gasteiger partial charge >= 0.3 is 139 Å². The summed E-state index contributed by atoms with van der Waals surface area (Å²) in [4.78, 5) is 0. The van der Waals surface area contributed by atoms with Crippen molar-refractivity contribution in [2.75, 3.05) is 6.61 Å². The molecule has 0 unspecified atom stereocenters. The van der Waals surface area contributed by atoms with Crippen molar-refractivity contribution in [3.63, 3.8) is 0 Å². The molecule has 0 N–H and O–H groups in total. The van der Waals surface area contributed by atoms with Gasteiger partial charge in [-0.3, -0.25) is 0 Å². The van der Waals surface area contributed by atoms with Crippen LogP contribution in [0.4, 0.5) is 0 Å². The van der Waals surface area contributed by atoms with Gasteiger partial charge in [-0.25, -0.2) is 0 Å². The molecule has 0 bridgehead atoms. The summed E-state index contributed by atoms with van der Waals surface area (Å²) in [5.41, 5.74) is 3.52. The zero-order chi connectivity index (χ0) is 30.6. The summed E-state index contributed by atoms with van der Waals surface area (Å²) in [6.07, 6.45) is 12.9. The molecule has 1 heterocycles. The van der Waals surface area contributed by atoms with Crippen molar-refractivity contribution < 1.29 is 29.8 Å². The summed E-state index contributed by atoms with van der Waals surface area (Å²) in [6, 6.07) is 3.48. The van der Waals surface area contributed by atoms with Crippen LogP contribution in [0.5, 0.6) is 0 Å². The molecule has 1 fully saturated rings. The van der Waals surface area contributed by atoms with Gasteiger partial charge in [0.1, 0.15) is 6.10 Å². The second-order valence-corrected chi connectivity index (χ2v) is 18.1. The Bertz CT molecular complexity index is 891. The van der Waals surface area contributed by atoms with Crippen molar-refractivity contribution >= 4 is 12.9 Å². The van der Waals surface area contributed by atoms with Crippen LogP contribution in [0.15, 0.2) is 36.0 Å². The van der Waals surface area contributed by atoms with Crippen LogP contribution < -0.4 is 0 Å². The molecule has 0 aliphatic carbocycles. The fourth-order valence-corrected chi connectivity index (χ4v) is 9.31. The molecule has 228 valence electrons. The molecule has 1 rings (SSSR count). The van der Waals surface area contributed by atoms with E-state index in [4.69, 9.17) is 20.3 Å². The summed E-state index contributed by atoms with van der Waals surface area (Å²) < 4.78 is 20.1. The third-order valence-electron chi connectivity index (χ3n) is 9.24. The van der Waals surface area contributed by atoms with Gasteiger partial charge in [-0.1, -0.05) is 40.5 Å². The van der Waals surface area contributed by atoms with Crippen LogP contribution in [0.3, 0.4) is 0 Å². The van der Waals surface area contributed by atoms with E-state index < -0.39 is 8.32 Å². The summed E-state index contributed by atoms with van der Waals surface area (Å²) in [5.74, 6) is 5.02. The smallest absolute Gasteiger partial charge is 0.192 e. The maximum absolute atomic E-state index is 7.04. The number of allylic oxidation sites excluding steroid dienone is 2. The monoisotopic (exact) mass is 608 g/mol. The van der Waals surface area contributed by atoms with E-state index >= 15 is 0 Å². The fraction of sp³-hybridized carbons (Fsp3) is 0.743. The molecule has 0 aromatic carbocycles. The van der Waals surface area contributed by atoms with Crippen molar-refractivity contribution in [1.82, 2.24) is 0 Å². The Labute approximate surface area is 257 Å². The van der Waals surface area contributed by atoms with Crippen molar-refractivity contribution in [3.05, 3.63) is 36.0 Å². The van der Waals surface area contributed by atoms with Crippen molar-refractivity contribution in [1.29, 1.82) is 0 Å². The largest absolute Gasteiger partial charge is 0.413 e. The second-order valence-electron chi connectivity index (χ2n) is 12.8. The third-order valence-corrected chi connectivity index (χ3v) is 14.6. The molecule has 0 spiro atoms. The topological polar surface area (TPSA) is 27.7 Å². The molecule has 1 aliphatic rings. The quantitative estimate of drug-likeness (QED) is 0.0882. The van der Waals surface area contributed by atoms with Crippen molar-refractivity contribution in [2.24, 2.45) is 29.6 Å². The average molecular weight is 609 g/mol. The fourth-order valence-electron chi connectivity index (χ4n) is 6.22. The Morgan fingerprint density at radius 2 is 1.68 bits per heavy atom. The first-order valence-electron chi connectivity index (χ1n) is 15.7. The molecule has 0 aromatic heterocycles. The van der Waals surface area contributed by atoms with Gasteiger partial charge in [-0.05, 0) is 24.6 Å². The number of terminal acetylenes is 1. The number of rotatable bonds is 18. The zero-order valence-electron chi connectivity index (χ0n) is 27.5. The zero-order valence-corrected chi connectivity index (χ0v) is 29.8. The predicted octanol–water partition coefficient (Wildman–Crippen LogP) is 9.29. The van der Waals surface area contributed by atoms with E-state index in [1.54, 1.807) is 0 Å². The molecular weight excluding hydrogens is 548 g/mol. The van der Waals surface area contributed by atoms with Gasteiger partial charge in [-0.2, -0.15) is 0 Å². The van der Waals surface area contributed by atoms with Crippen molar-refractivity contribution in [3.8, 4) is 12.3 Å². The molecule has 1 aliphatic heterocycles. The first kappa shape index (κ1) is 37.3. The van der Waals surface area contributed by atoms with Gasteiger partial charge in [0, 0.05) is 11.8 Å². The molecule has 1 saturated heterocycles. The van der Waals surface area contributed by atoms with E-state index in [1.807, 2.05) is 6.92 Å². The minimum atomic E-state index is -1.73. The van der Waals surface area contributed by atoms with Crippen molar-refractivity contribution in [2.45, 2.75) is 131 Å². The Balaban J connectivity index is 2.70. The normalized spacial score (nSPS) is 26.0. The number of hydrogen-bond donors (Lipinski definition) is 0. The summed E-state index contributed by atoms with van der Waals surface area (Å²) in [5, 5.41) is 0. The molecule has 8 atom stereocenters. The van der Waals surface area contributed by atoms with E-state index in [0.717, 1.165) is 59.5 Å². The minimum absolute atomic E-state index is 0.145. The van der Waals surface area contributed by atoms with Gasteiger partial charge in [0.15, 0.2) is 8.32 Å². The molecule has 0 saturated carbocycles.